The average Bonchev–Trinajstić information content (AvgIpc) is 3.14. The molecule has 17 nitrogen and oxygen atoms in total. The summed E-state index contributed by atoms with van der Waals surface area (Å²) in [6, 6.07) is 6.55. The van der Waals surface area contributed by atoms with Gasteiger partial charge in [-0.2, -0.15) is 12.6 Å². The number of thiol groups is 1. The van der Waals surface area contributed by atoms with Crippen LogP contribution in [0.2, 0.25) is 0 Å². The summed E-state index contributed by atoms with van der Waals surface area (Å²) in [4.78, 5) is 124. The van der Waals surface area contributed by atoms with E-state index in [1.54, 1.807) is 0 Å². The van der Waals surface area contributed by atoms with Crippen molar-refractivity contribution in [3.63, 3.8) is 0 Å². The van der Waals surface area contributed by atoms with Gasteiger partial charge in [0.2, 0.25) is 39.0 Å². The first kappa shape index (κ1) is 47.3. The van der Waals surface area contributed by atoms with E-state index < -0.39 is 81.0 Å². The molecular formula is C35H40N4O13S4. The Morgan fingerprint density at radius 1 is 0.554 bits per heavy atom. The van der Waals surface area contributed by atoms with Crippen molar-refractivity contribution in [3.8, 4) is 11.5 Å². The van der Waals surface area contributed by atoms with Gasteiger partial charge in [0, 0.05) is 50.7 Å². The summed E-state index contributed by atoms with van der Waals surface area (Å²) in [6.07, 6.45) is 0. The predicted molar refractivity (Wildman–Crippen MR) is 211 cm³/mol. The molecule has 302 valence electrons. The molecule has 0 bridgehead atoms. The molecule has 0 saturated heterocycles. The number of carbonyl (C=O) groups is 10. The molecule has 2 rings (SSSR count). The van der Waals surface area contributed by atoms with Crippen molar-refractivity contribution in [1.82, 2.24) is 21.3 Å². The number of para-hydroxylation sites is 2. The number of hydrogen-bond acceptors (Lipinski definition) is 17. The number of amides is 4. The van der Waals surface area contributed by atoms with Crippen molar-refractivity contribution >= 4 is 105 Å². The summed E-state index contributed by atoms with van der Waals surface area (Å²) in [7, 11) is 1.12. The third-order valence-corrected chi connectivity index (χ3v) is 10.3. The van der Waals surface area contributed by atoms with Crippen LogP contribution in [0.25, 0.3) is 0 Å². The van der Waals surface area contributed by atoms with Crippen molar-refractivity contribution in [2.75, 3.05) is 30.1 Å². The topological polar surface area (TPSA) is 247 Å². The molecule has 0 aromatic heterocycles. The highest BCUT2D eigenvalue weighted by Crippen LogP contribution is 2.27. The Morgan fingerprint density at radius 3 is 1.46 bits per heavy atom. The summed E-state index contributed by atoms with van der Waals surface area (Å²) >= 11 is 6.00. The summed E-state index contributed by atoms with van der Waals surface area (Å²) in [5, 5.41) is 7.90. The molecular weight excluding hydrogens is 813 g/mol. The number of rotatable bonds is 19. The van der Waals surface area contributed by atoms with Crippen LogP contribution < -0.4 is 30.7 Å². The molecule has 0 fully saturated rings. The molecule has 0 radical (unpaired) electrons. The van der Waals surface area contributed by atoms with E-state index >= 15 is 0 Å². The van der Waals surface area contributed by atoms with E-state index in [1.807, 2.05) is 0 Å². The normalized spacial score (nSPS) is 12.7. The van der Waals surface area contributed by atoms with Crippen LogP contribution in [-0.4, -0.2) is 111 Å². The molecule has 4 unspecified atom stereocenters. The van der Waals surface area contributed by atoms with E-state index in [2.05, 4.69) is 38.6 Å². The second-order valence-electron chi connectivity index (χ2n) is 11.4. The minimum Gasteiger partial charge on any atom is -0.467 e. The fourth-order valence-corrected chi connectivity index (χ4v) is 7.51. The number of methoxy groups -OCH3 is 1. The van der Waals surface area contributed by atoms with E-state index in [-0.39, 0.29) is 45.6 Å². The van der Waals surface area contributed by atoms with E-state index in [9.17, 15) is 47.9 Å². The molecule has 2 aromatic carbocycles. The molecule has 0 spiro atoms. The number of esters is 3. The number of ether oxygens (including phenoxy) is 3. The van der Waals surface area contributed by atoms with Gasteiger partial charge in [0.25, 0.3) is 0 Å². The van der Waals surface area contributed by atoms with Crippen LogP contribution in [0.5, 0.6) is 11.5 Å². The van der Waals surface area contributed by atoms with Crippen LogP contribution in [0.3, 0.4) is 0 Å². The highest BCUT2D eigenvalue weighted by Gasteiger charge is 2.29. The minimum absolute atomic E-state index is 0.0117. The molecule has 21 heteroatoms. The third-order valence-electron chi connectivity index (χ3n) is 6.82. The maximum absolute atomic E-state index is 13.4. The summed E-state index contributed by atoms with van der Waals surface area (Å²) < 4.78 is 15.7. The zero-order chi connectivity index (χ0) is 41.9. The smallest absolute Gasteiger partial charge is 0.347 e. The first-order valence-corrected chi connectivity index (χ1v) is 20.0. The monoisotopic (exact) mass is 852 g/mol. The molecule has 0 aliphatic carbocycles. The van der Waals surface area contributed by atoms with Crippen molar-refractivity contribution in [2.24, 2.45) is 0 Å². The Hall–Kier alpha value is -4.86. The standard InChI is InChI=1S/C35H40N4O13S4/c1-18(40)36-24(14-53)34(48)55-16-26(38-20(3)42)32(46)52-28-12-8-6-10-22(28)30(44)51-29-13-9-7-11-23(29)33(47)54-17-27(39-21(4)43)35(49)56-15-25(31(45)50-5)37-19(2)41/h6-13,24-27,53H,14-17H2,1-5H3,(H,36,40)(H,37,41)(H,38,42)(H,39,43). The van der Waals surface area contributed by atoms with Gasteiger partial charge in [-0.05, 0) is 24.3 Å². The number of benzene rings is 2. The second kappa shape index (κ2) is 23.9. The van der Waals surface area contributed by atoms with Crippen LogP contribution in [0.1, 0.15) is 48.4 Å². The fraction of sp³-hybridized carbons (Fsp3) is 0.371. The second-order valence-corrected chi connectivity index (χ2v) is 14.8. The molecule has 4 atom stereocenters. The molecule has 56 heavy (non-hydrogen) atoms. The number of thioether (sulfide) groups is 3. The Morgan fingerprint density at radius 2 is 0.964 bits per heavy atom. The third kappa shape index (κ3) is 16.1. The lowest BCUT2D eigenvalue weighted by Crippen LogP contribution is -2.45. The van der Waals surface area contributed by atoms with Gasteiger partial charge in [-0.15, -0.1) is 0 Å². The van der Waals surface area contributed by atoms with Crippen molar-refractivity contribution in [2.45, 2.75) is 51.9 Å². The summed E-state index contributed by atoms with van der Waals surface area (Å²) in [6.45, 7) is 4.73. The van der Waals surface area contributed by atoms with Crippen LogP contribution >= 0.6 is 47.9 Å². The van der Waals surface area contributed by atoms with Crippen molar-refractivity contribution in [1.29, 1.82) is 0 Å². The van der Waals surface area contributed by atoms with Gasteiger partial charge in [-0.25, -0.2) is 14.4 Å². The number of carbonyl (C=O) groups excluding carboxylic acids is 10. The first-order valence-electron chi connectivity index (χ1n) is 16.4. The van der Waals surface area contributed by atoms with Crippen molar-refractivity contribution < 1.29 is 62.2 Å². The molecule has 0 heterocycles. The first-order chi connectivity index (χ1) is 26.5. The van der Waals surface area contributed by atoms with Gasteiger partial charge in [-0.3, -0.25) is 33.6 Å². The number of nitrogens with one attached hydrogen (secondary N) is 4. The summed E-state index contributed by atoms with van der Waals surface area (Å²) in [5.41, 5.74) is -0.315. The Bertz CT molecular complexity index is 1830. The Kier molecular flexibility index (Phi) is 20.2. The SMILES string of the molecule is COC(=O)C(CSC(=O)C(CSC(=O)c1ccccc1OC(=O)c1ccccc1OC(=O)C(CSC(=O)C(CS)NC(C)=O)NC(C)=O)NC(C)=O)NC(C)=O. The highest BCUT2D eigenvalue weighted by molar-refractivity contribution is 8.15. The average molecular weight is 853 g/mol. The summed E-state index contributed by atoms with van der Waals surface area (Å²) in [5.74, 6) is -6.22. The molecule has 0 aliphatic rings. The minimum atomic E-state index is -1.35. The van der Waals surface area contributed by atoms with Gasteiger partial charge in [0.1, 0.15) is 41.2 Å². The molecule has 0 aliphatic heterocycles. The van der Waals surface area contributed by atoms with Gasteiger partial charge < -0.3 is 35.5 Å². The lowest BCUT2D eigenvalue weighted by atomic mass is 10.2. The molecule has 0 saturated carbocycles. The lowest BCUT2D eigenvalue weighted by Gasteiger charge is -2.19. The highest BCUT2D eigenvalue weighted by atomic mass is 32.2. The molecule has 2 aromatic rings. The Balaban J connectivity index is 2.20. The zero-order valence-electron chi connectivity index (χ0n) is 30.7. The van der Waals surface area contributed by atoms with E-state index in [1.165, 1.54) is 69.3 Å². The predicted octanol–water partition coefficient (Wildman–Crippen LogP) is 1.33. The zero-order valence-corrected chi connectivity index (χ0v) is 34.1. The molecule has 4 N–H and O–H groups in total. The van der Waals surface area contributed by atoms with E-state index in [0.29, 0.717) is 35.3 Å². The number of hydrogen-bond donors (Lipinski definition) is 5. The maximum Gasteiger partial charge on any atom is 0.347 e. The van der Waals surface area contributed by atoms with Crippen LogP contribution in [0.4, 0.5) is 0 Å². The van der Waals surface area contributed by atoms with E-state index in [0.717, 1.165) is 14.0 Å². The molecule has 4 amide bonds. The van der Waals surface area contributed by atoms with Gasteiger partial charge in [0.05, 0.1) is 12.7 Å². The quantitative estimate of drug-likeness (QED) is 0.0760. The van der Waals surface area contributed by atoms with Crippen LogP contribution in [0, 0.1) is 0 Å². The van der Waals surface area contributed by atoms with Crippen LogP contribution in [-0.2, 0) is 43.1 Å². The maximum atomic E-state index is 13.4. The van der Waals surface area contributed by atoms with Crippen LogP contribution in [0.15, 0.2) is 48.5 Å². The van der Waals surface area contributed by atoms with E-state index in [4.69, 9.17) is 9.47 Å². The lowest BCUT2D eigenvalue weighted by molar-refractivity contribution is -0.144. The van der Waals surface area contributed by atoms with Gasteiger partial charge >= 0.3 is 17.9 Å². The van der Waals surface area contributed by atoms with Gasteiger partial charge in [-0.1, -0.05) is 59.6 Å². The largest absolute Gasteiger partial charge is 0.467 e. The fourth-order valence-electron chi connectivity index (χ4n) is 4.36. The van der Waals surface area contributed by atoms with Gasteiger partial charge in [0.15, 0.2) is 0 Å². The Labute approximate surface area is 340 Å². The van der Waals surface area contributed by atoms with Crippen molar-refractivity contribution in [3.05, 3.63) is 59.7 Å².